The van der Waals surface area contributed by atoms with Gasteiger partial charge < -0.3 is 4.55 Å². The number of nitrogens with zero attached hydrogens (tertiary/aromatic N) is 1. The molecular formula is C8H7LiN2O5S3. The van der Waals surface area contributed by atoms with Crippen molar-refractivity contribution in [2.75, 3.05) is 11.0 Å². The van der Waals surface area contributed by atoms with Crippen molar-refractivity contribution in [3.05, 3.63) is 18.2 Å². The molecule has 1 heterocycles. The van der Waals surface area contributed by atoms with Crippen LogP contribution in [0.1, 0.15) is 0 Å². The minimum absolute atomic E-state index is 0. The van der Waals surface area contributed by atoms with Crippen LogP contribution in [0.15, 0.2) is 23.1 Å². The molecule has 11 heteroatoms. The van der Waals surface area contributed by atoms with Crippen LogP contribution in [0, 0.1) is 0 Å². The average Bonchev–Trinajstić information content (AvgIpc) is 2.53. The number of hydrogen-bond donors (Lipinski definition) is 1. The van der Waals surface area contributed by atoms with Crippen LogP contribution in [0.4, 0.5) is 5.13 Å². The summed E-state index contributed by atoms with van der Waals surface area (Å²) in [4.78, 5) is 3.58. The van der Waals surface area contributed by atoms with Crippen LogP contribution in [0.3, 0.4) is 0 Å². The van der Waals surface area contributed by atoms with Crippen LogP contribution >= 0.6 is 11.3 Å². The van der Waals surface area contributed by atoms with Crippen molar-refractivity contribution >= 4 is 46.8 Å². The molecule has 0 saturated carbocycles. The van der Waals surface area contributed by atoms with Crippen LogP contribution in [0.25, 0.3) is 10.2 Å². The van der Waals surface area contributed by atoms with E-state index < -0.39 is 20.1 Å². The minimum atomic E-state index is -4.53. The van der Waals surface area contributed by atoms with Gasteiger partial charge in [-0.2, -0.15) is 0 Å². The van der Waals surface area contributed by atoms with Crippen LogP contribution < -0.4 is 23.6 Å². The molecule has 0 aliphatic rings. The summed E-state index contributed by atoms with van der Waals surface area (Å²) in [6, 6.07) is 3.65. The smallest absolute Gasteiger partial charge is 0.744 e. The standard InChI is InChI=1S/C8H8N2O5S3.Li/c1-17(11,12)10-8-9-6-3-2-5(18(13,14)15)4-7(6)16-8;/h2-4H,1H3,(H,9,10)(H,13,14,15);/q;+1/p-1. The average molecular weight is 314 g/mol. The van der Waals surface area contributed by atoms with Gasteiger partial charge in [0.25, 0.3) is 0 Å². The van der Waals surface area contributed by atoms with Gasteiger partial charge in [-0.25, -0.2) is 21.8 Å². The zero-order valence-corrected chi connectivity index (χ0v) is 12.4. The summed E-state index contributed by atoms with van der Waals surface area (Å²) in [6.45, 7) is 0. The van der Waals surface area contributed by atoms with Crippen molar-refractivity contribution in [3.8, 4) is 0 Å². The third-order valence-corrected chi connectivity index (χ3v) is 4.38. The first-order valence-electron chi connectivity index (χ1n) is 4.49. The molecule has 0 radical (unpaired) electrons. The van der Waals surface area contributed by atoms with Gasteiger partial charge in [-0.1, -0.05) is 11.3 Å². The molecule has 7 nitrogen and oxygen atoms in total. The van der Waals surface area contributed by atoms with Gasteiger partial charge in [0.05, 0.1) is 21.4 Å². The molecule has 0 amide bonds. The fraction of sp³-hybridized carbons (Fsp3) is 0.125. The number of hydrogen-bond acceptors (Lipinski definition) is 7. The Morgan fingerprint density at radius 1 is 1.26 bits per heavy atom. The fourth-order valence-electron chi connectivity index (χ4n) is 1.26. The quantitative estimate of drug-likeness (QED) is 0.498. The van der Waals surface area contributed by atoms with Crippen molar-refractivity contribution in [1.29, 1.82) is 0 Å². The first kappa shape index (κ1) is 16.4. The predicted octanol–water partition coefficient (Wildman–Crippen LogP) is -2.42. The van der Waals surface area contributed by atoms with Crippen molar-refractivity contribution in [2.24, 2.45) is 0 Å². The Morgan fingerprint density at radius 3 is 2.42 bits per heavy atom. The van der Waals surface area contributed by atoms with E-state index in [1.807, 2.05) is 0 Å². The summed E-state index contributed by atoms with van der Waals surface area (Å²) in [5.74, 6) is 0. The first-order chi connectivity index (χ1) is 8.15. The van der Waals surface area contributed by atoms with Gasteiger partial charge in [0.2, 0.25) is 10.0 Å². The number of benzene rings is 1. The Labute approximate surface area is 126 Å². The van der Waals surface area contributed by atoms with Crippen LogP contribution in [0.5, 0.6) is 0 Å². The summed E-state index contributed by atoms with van der Waals surface area (Å²) >= 11 is 0.950. The Kier molecular flexibility index (Phi) is 4.66. The molecule has 0 fully saturated rings. The van der Waals surface area contributed by atoms with Crippen molar-refractivity contribution in [3.63, 3.8) is 0 Å². The number of nitrogens with one attached hydrogen (secondary N) is 1. The largest absolute Gasteiger partial charge is 1.00 e. The zero-order valence-electron chi connectivity index (χ0n) is 9.95. The molecule has 2 aromatic rings. The maximum atomic E-state index is 11.0. The molecule has 2 rings (SSSR count). The second-order valence-electron chi connectivity index (χ2n) is 3.48. The summed E-state index contributed by atoms with van der Waals surface area (Å²) in [5, 5.41) is 0.118. The van der Waals surface area contributed by atoms with Gasteiger partial charge in [-0.3, -0.25) is 4.72 Å². The number of anilines is 1. The van der Waals surface area contributed by atoms with Crippen LogP contribution in [-0.2, 0) is 20.1 Å². The molecule has 98 valence electrons. The third kappa shape index (κ3) is 4.17. The van der Waals surface area contributed by atoms with Gasteiger partial charge in [0, 0.05) is 0 Å². The van der Waals surface area contributed by atoms with E-state index >= 15 is 0 Å². The number of sulfonamides is 1. The Bertz CT molecular complexity index is 812. The maximum Gasteiger partial charge on any atom is 1.00 e. The molecular weight excluding hydrogens is 307 g/mol. The van der Waals surface area contributed by atoms with E-state index in [-0.39, 0.29) is 28.9 Å². The zero-order chi connectivity index (χ0) is 13.6. The minimum Gasteiger partial charge on any atom is -0.744 e. The topological polar surface area (TPSA) is 116 Å². The number of rotatable bonds is 3. The van der Waals surface area contributed by atoms with E-state index in [0.717, 1.165) is 23.7 Å². The molecule has 0 unspecified atom stereocenters. The van der Waals surface area contributed by atoms with Gasteiger partial charge in [-0.15, -0.1) is 0 Å². The fourth-order valence-corrected chi connectivity index (χ4v) is 3.57. The van der Waals surface area contributed by atoms with Crippen molar-refractivity contribution < 1.29 is 40.2 Å². The Hall–Kier alpha value is -0.633. The molecule has 19 heavy (non-hydrogen) atoms. The van der Waals surface area contributed by atoms with Crippen LogP contribution in [-0.4, -0.2) is 32.6 Å². The SMILES string of the molecule is CS(=O)(=O)Nc1nc2ccc(S(=O)(=O)[O-])cc2s1.[Li+]. The van der Waals surface area contributed by atoms with Gasteiger partial charge >= 0.3 is 18.9 Å². The summed E-state index contributed by atoms with van der Waals surface area (Å²) in [7, 11) is -7.98. The van der Waals surface area contributed by atoms with E-state index in [2.05, 4.69) is 9.71 Å². The van der Waals surface area contributed by atoms with E-state index in [9.17, 15) is 21.4 Å². The van der Waals surface area contributed by atoms with Gasteiger partial charge in [0.15, 0.2) is 5.13 Å². The second-order valence-corrected chi connectivity index (χ2v) is 7.64. The number of aromatic nitrogens is 1. The van der Waals surface area contributed by atoms with Gasteiger partial charge in [0.1, 0.15) is 10.1 Å². The Balaban J connectivity index is 0.00000180. The van der Waals surface area contributed by atoms with E-state index in [1.54, 1.807) is 0 Å². The molecule has 1 aromatic carbocycles. The maximum absolute atomic E-state index is 11.0. The van der Waals surface area contributed by atoms with E-state index in [0.29, 0.717) is 10.2 Å². The molecule has 0 aliphatic carbocycles. The summed E-state index contributed by atoms with van der Waals surface area (Å²) in [6.07, 6.45) is 0.979. The first-order valence-corrected chi connectivity index (χ1v) is 8.61. The van der Waals surface area contributed by atoms with Crippen molar-refractivity contribution in [1.82, 2.24) is 4.98 Å². The van der Waals surface area contributed by atoms with Crippen molar-refractivity contribution in [2.45, 2.75) is 4.90 Å². The molecule has 0 aliphatic heterocycles. The van der Waals surface area contributed by atoms with E-state index in [1.165, 1.54) is 12.1 Å². The molecule has 0 bridgehead atoms. The summed E-state index contributed by atoms with van der Waals surface area (Å²) in [5.41, 5.74) is 0.415. The number of thiazole rings is 1. The predicted molar refractivity (Wildman–Crippen MR) is 66.0 cm³/mol. The molecule has 0 spiro atoms. The molecule has 1 N–H and O–H groups in total. The second kappa shape index (κ2) is 5.39. The normalized spacial score (nSPS) is 12.1. The van der Waals surface area contributed by atoms with E-state index in [4.69, 9.17) is 0 Å². The molecule has 1 aromatic heterocycles. The Morgan fingerprint density at radius 2 is 1.89 bits per heavy atom. The molecule has 0 saturated heterocycles. The molecule has 0 atom stereocenters. The monoisotopic (exact) mass is 314 g/mol. The van der Waals surface area contributed by atoms with Crippen LogP contribution in [0.2, 0.25) is 0 Å². The summed E-state index contributed by atoms with van der Waals surface area (Å²) < 4.78 is 57.1. The van der Waals surface area contributed by atoms with Gasteiger partial charge in [-0.05, 0) is 18.2 Å². The third-order valence-electron chi connectivity index (χ3n) is 1.92. The number of fused-ring (bicyclic) bond motifs is 1.